The van der Waals surface area contributed by atoms with Crippen LogP contribution in [0.4, 0.5) is 0 Å². The molecule has 3 rings (SSSR count). The average Bonchev–Trinajstić information content (AvgIpc) is 2.65. The van der Waals surface area contributed by atoms with Gasteiger partial charge in [0.2, 0.25) is 0 Å². The van der Waals surface area contributed by atoms with Gasteiger partial charge in [0.1, 0.15) is 11.3 Å². The number of H-pyrrole nitrogens is 1. The van der Waals surface area contributed by atoms with E-state index in [0.717, 1.165) is 43.7 Å². The fraction of sp³-hybridized carbons (Fsp3) is 0.429. The monoisotopic (exact) mass is 257 g/mol. The Morgan fingerprint density at radius 1 is 1.32 bits per heavy atom. The molecule has 1 fully saturated rings. The van der Waals surface area contributed by atoms with Crippen LogP contribution in [0.15, 0.2) is 18.2 Å². The fourth-order valence-corrected chi connectivity index (χ4v) is 2.72. The molecule has 0 aliphatic carbocycles. The average molecular weight is 257 g/mol. The van der Waals surface area contributed by atoms with Crippen LogP contribution in [0.2, 0.25) is 0 Å². The third-order valence-electron chi connectivity index (χ3n) is 3.74. The largest absolute Gasteiger partial charge is 0.342 e. The van der Waals surface area contributed by atoms with Crippen LogP contribution in [0.25, 0.3) is 11.0 Å². The lowest BCUT2D eigenvalue weighted by Crippen LogP contribution is -2.14. The highest BCUT2D eigenvalue weighted by Crippen LogP contribution is 2.27. The topological polar surface area (TPSA) is 81.6 Å². The van der Waals surface area contributed by atoms with Crippen molar-refractivity contribution in [3.63, 3.8) is 0 Å². The lowest BCUT2D eigenvalue weighted by atomic mass is 10.0. The van der Waals surface area contributed by atoms with Gasteiger partial charge in [-0.3, -0.25) is 10.5 Å². The van der Waals surface area contributed by atoms with E-state index in [1.807, 2.05) is 6.07 Å². The Hall–Kier alpha value is -1.88. The van der Waals surface area contributed by atoms with E-state index < -0.39 is 5.91 Å². The van der Waals surface area contributed by atoms with Crippen molar-refractivity contribution in [3.8, 4) is 0 Å². The highest BCUT2D eigenvalue weighted by atomic mass is 16.1. The maximum absolute atomic E-state index is 11.3. The Morgan fingerprint density at radius 3 is 3.05 bits per heavy atom. The number of para-hydroxylation sites is 1. The highest BCUT2D eigenvalue weighted by Gasteiger charge is 2.19. The number of hydrogen-bond acceptors (Lipinski definition) is 3. The number of carbonyl (C=O) groups is 1. The summed E-state index contributed by atoms with van der Waals surface area (Å²) in [7, 11) is 0. The molecule has 19 heavy (non-hydrogen) atoms. The van der Waals surface area contributed by atoms with Gasteiger partial charge in [0.15, 0.2) is 0 Å². The van der Waals surface area contributed by atoms with Gasteiger partial charge < -0.3 is 10.3 Å². The van der Waals surface area contributed by atoms with Crippen molar-refractivity contribution in [3.05, 3.63) is 29.6 Å². The Kier molecular flexibility index (Phi) is 3.21. The first-order valence-corrected chi connectivity index (χ1v) is 6.71. The van der Waals surface area contributed by atoms with Crippen LogP contribution in [0.3, 0.4) is 0 Å². The molecule has 1 aromatic heterocycles. The number of fused-ring (bicyclic) bond motifs is 1. The van der Waals surface area contributed by atoms with Gasteiger partial charge >= 0.3 is 0 Å². The van der Waals surface area contributed by atoms with E-state index in [9.17, 15) is 4.79 Å². The lowest BCUT2D eigenvalue weighted by molar-refractivity contribution is 0.0993. The van der Waals surface area contributed by atoms with E-state index >= 15 is 0 Å². The molecule has 2 heterocycles. The van der Waals surface area contributed by atoms with Crippen LogP contribution in [0.5, 0.6) is 0 Å². The van der Waals surface area contributed by atoms with Crippen molar-refractivity contribution in [2.75, 3.05) is 13.1 Å². The molecule has 99 valence electrons. The third-order valence-corrected chi connectivity index (χ3v) is 3.74. The number of aromatic amines is 1. The van der Waals surface area contributed by atoms with E-state index in [1.54, 1.807) is 12.1 Å². The smallest absolute Gasteiger partial charge is 0.271 e. The van der Waals surface area contributed by atoms with Crippen molar-refractivity contribution in [1.82, 2.24) is 21.0 Å². The van der Waals surface area contributed by atoms with Crippen molar-refractivity contribution >= 4 is 16.9 Å². The summed E-state index contributed by atoms with van der Waals surface area (Å²) in [5, 5.41) is 3.38. The normalized spacial score (nSPS) is 20.3. The number of benzene rings is 1. The van der Waals surface area contributed by atoms with E-state index in [-0.39, 0.29) is 0 Å². The molecular weight excluding hydrogens is 240 g/mol. The maximum Gasteiger partial charge on any atom is 0.271 e. The molecule has 5 heteroatoms. The molecule has 0 spiro atoms. The second-order valence-electron chi connectivity index (χ2n) is 5.03. The molecule has 0 saturated carbocycles. The Morgan fingerprint density at radius 2 is 2.21 bits per heavy atom. The number of carbonyl (C=O) groups excluding carboxylic acids is 1. The van der Waals surface area contributed by atoms with Gasteiger partial charge in [0.25, 0.3) is 5.91 Å². The molecule has 1 aliphatic heterocycles. The summed E-state index contributed by atoms with van der Waals surface area (Å²) in [4.78, 5) is 19.2. The molecule has 0 bridgehead atoms. The number of rotatable bonds is 2. The summed E-state index contributed by atoms with van der Waals surface area (Å²) in [5.41, 5.74) is 9.15. The van der Waals surface area contributed by atoms with E-state index in [2.05, 4.69) is 15.3 Å². The van der Waals surface area contributed by atoms with Crippen molar-refractivity contribution in [2.24, 2.45) is 0 Å². The first kappa shape index (κ1) is 12.2. The summed E-state index contributed by atoms with van der Waals surface area (Å²) in [6, 6.07) is 5.37. The van der Waals surface area contributed by atoms with Crippen molar-refractivity contribution in [2.45, 2.75) is 25.2 Å². The van der Waals surface area contributed by atoms with Crippen LogP contribution >= 0.6 is 0 Å². The van der Waals surface area contributed by atoms with Gasteiger partial charge in [-0.15, -0.1) is 0 Å². The summed E-state index contributed by atoms with van der Waals surface area (Å²) in [5.74, 6) is 0.690. The molecule has 5 nitrogen and oxygen atoms in total. The summed E-state index contributed by atoms with van der Waals surface area (Å²) in [6.07, 6.45) is 3.31. The van der Waals surface area contributed by atoms with Gasteiger partial charge in [-0.05, 0) is 44.5 Å². The molecule has 1 saturated heterocycles. The van der Waals surface area contributed by atoms with Crippen LogP contribution in [0.1, 0.15) is 41.4 Å². The lowest BCUT2D eigenvalue weighted by Gasteiger charge is -2.09. The maximum atomic E-state index is 11.3. The van der Waals surface area contributed by atoms with E-state index in [0.29, 0.717) is 17.0 Å². The van der Waals surface area contributed by atoms with Gasteiger partial charge in [-0.2, -0.15) is 0 Å². The minimum absolute atomic E-state index is 0.381. The predicted molar refractivity (Wildman–Crippen MR) is 73.0 cm³/mol. The Bertz CT molecular complexity index is 597. The summed E-state index contributed by atoms with van der Waals surface area (Å²) >= 11 is 0. The number of nitrogens with one attached hydrogen (secondary N) is 3. The quantitative estimate of drug-likeness (QED) is 0.861. The molecule has 2 aromatic rings. The van der Waals surface area contributed by atoms with Crippen LogP contribution in [-0.4, -0.2) is 29.0 Å². The standard InChI is InChI=1S/C14H17N4O/c15-13(19)10-4-1-5-11-12(10)18-14(17-11)9-3-2-7-16-8-6-9/h1,4-5,9,15-16H,2-3,6-8H2,(H,17,18). The number of imidazole rings is 1. The van der Waals surface area contributed by atoms with Crippen molar-refractivity contribution < 1.29 is 4.79 Å². The minimum atomic E-state index is -0.675. The first-order valence-electron chi connectivity index (χ1n) is 6.71. The first-order chi connectivity index (χ1) is 9.25. The SMILES string of the molecule is [NH]C(=O)c1cccc2[nH]c(C3CCCNCC3)nc12. The second-order valence-corrected chi connectivity index (χ2v) is 5.03. The molecule has 1 amide bonds. The van der Waals surface area contributed by atoms with Crippen LogP contribution in [-0.2, 0) is 0 Å². The molecule has 1 aromatic carbocycles. The summed E-state index contributed by atoms with van der Waals surface area (Å²) in [6.45, 7) is 2.07. The van der Waals surface area contributed by atoms with E-state index in [4.69, 9.17) is 5.73 Å². The predicted octanol–water partition coefficient (Wildman–Crippen LogP) is 1.84. The van der Waals surface area contributed by atoms with Gasteiger partial charge in [-0.25, -0.2) is 4.98 Å². The number of nitrogens with zero attached hydrogens (tertiary/aromatic N) is 1. The molecule has 1 atom stereocenters. The third kappa shape index (κ3) is 2.33. The molecule has 1 unspecified atom stereocenters. The zero-order chi connectivity index (χ0) is 13.2. The number of amides is 1. The van der Waals surface area contributed by atoms with Gasteiger partial charge in [0, 0.05) is 5.92 Å². The second kappa shape index (κ2) is 5.01. The highest BCUT2D eigenvalue weighted by molar-refractivity contribution is 6.03. The molecule has 3 N–H and O–H groups in total. The molecular formula is C14H17N4O. The Labute approximate surface area is 111 Å². The van der Waals surface area contributed by atoms with Gasteiger partial charge in [0.05, 0.1) is 11.1 Å². The minimum Gasteiger partial charge on any atom is -0.342 e. The molecule has 1 radical (unpaired) electrons. The van der Waals surface area contributed by atoms with Crippen LogP contribution < -0.4 is 11.1 Å². The van der Waals surface area contributed by atoms with Crippen LogP contribution in [0, 0.1) is 0 Å². The summed E-state index contributed by atoms with van der Waals surface area (Å²) < 4.78 is 0. The zero-order valence-electron chi connectivity index (χ0n) is 10.7. The number of aromatic nitrogens is 2. The zero-order valence-corrected chi connectivity index (χ0v) is 10.7. The molecule has 1 aliphatic rings. The number of hydrogen-bond donors (Lipinski definition) is 2. The van der Waals surface area contributed by atoms with Crippen molar-refractivity contribution in [1.29, 1.82) is 0 Å². The fourth-order valence-electron chi connectivity index (χ4n) is 2.72. The van der Waals surface area contributed by atoms with E-state index in [1.165, 1.54) is 0 Å². The van der Waals surface area contributed by atoms with Gasteiger partial charge in [-0.1, -0.05) is 6.07 Å². The Balaban J connectivity index is 2.01.